The maximum Gasteiger partial charge on any atom is 0.0107 e. The molecule has 3 aliphatic rings. The largest absolute Gasteiger partial charge is 0.319 e. The normalized spacial score (nSPS) is 37.8. The van der Waals surface area contributed by atoms with Crippen molar-refractivity contribution in [2.24, 2.45) is 5.41 Å². The molecule has 0 aromatic carbocycles. The average molecular weight is 235 g/mol. The van der Waals surface area contributed by atoms with Crippen LogP contribution in [0.5, 0.6) is 0 Å². The highest BCUT2D eigenvalue weighted by Crippen LogP contribution is 2.58. The molecule has 16 heavy (non-hydrogen) atoms. The Balaban J connectivity index is 1.81. The van der Waals surface area contributed by atoms with E-state index in [1.165, 1.54) is 45.1 Å². The molecule has 1 nitrogen and oxygen atoms in total. The fourth-order valence-electron chi connectivity index (χ4n) is 3.85. The van der Waals surface area contributed by atoms with Gasteiger partial charge in [-0.05, 0) is 62.4 Å². The van der Waals surface area contributed by atoms with Gasteiger partial charge >= 0.3 is 0 Å². The molecule has 0 atom stereocenters. The number of nitrogens with one attached hydrogen (secondary N) is 1. The van der Waals surface area contributed by atoms with E-state index >= 15 is 0 Å². The summed E-state index contributed by atoms with van der Waals surface area (Å²) in [6.07, 6.45) is 8.59. The molecule has 3 fully saturated rings. The lowest BCUT2D eigenvalue weighted by Crippen LogP contribution is -2.47. The molecule has 3 aliphatic carbocycles. The van der Waals surface area contributed by atoms with Gasteiger partial charge in [0, 0.05) is 16.8 Å². The van der Waals surface area contributed by atoms with Gasteiger partial charge in [0.15, 0.2) is 0 Å². The van der Waals surface area contributed by atoms with Gasteiger partial charge in [0.1, 0.15) is 0 Å². The first kappa shape index (κ1) is 10.8. The second-order valence-corrected chi connectivity index (χ2v) is 6.74. The molecular formula is C14H21NS. The molecule has 1 aromatic rings. The van der Waals surface area contributed by atoms with Crippen LogP contribution in [-0.4, -0.2) is 13.6 Å². The SMILES string of the molecule is CNCC12CCC(c3cccs3)(CC1)CC2. The summed E-state index contributed by atoms with van der Waals surface area (Å²) < 4.78 is 0. The molecule has 1 heterocycles. The quantitative estimate of drug-likeness (QED) is 0.844. The van der Waals surface area contributed by atoms with Gasteiger partial charge in [0.25, 0.3) is 0 Å². The maximum atomic E-state index is 3.40. The van der Waals surface area contributed by atoms with Gasteiger partial charge in [0.2, 0.25) is 0 Å². The standard InChI is InChI=1S/C14H21NS/c1-15-11-13-4-7-14(8-5-13,9-6-13)12-3-2-10-16-12/h2-3,10,15H,4-9,11H2,1H3. The van der Waals surface area contributed by atoms with E-state index in [1.54, 1.807) is 4.88 Å². The highest BCUT2D eigenvalue weighted by atomic mass is 32.1. The molecule has 1 N–H and O–H groups in total. The first-order valence-corrected chi connectivity index (χ1v) is 7.35. The zero-order valence-electron chi connectivity index (χ0n) is 10.1. The van der Waals surface area contributed by atoms with Gasteiger partial charge in [-0.1, -0.05) is 6.07 Å². The smallest absolute Gasteiger partial charge is 0.0107 e. The van der Waals surface area contributed by atoms with Crippen LogP contribution in [-0.2, 0) is 5.41 Å². The number of hydrogen-bond acceptors (Lipinski definition) is 2. The van der Waals surface area contributed by atoms with Crippen LogP contribution in [0.4, 0.5) is 0 Å². The molecule has 1 aromatic heterocycles. The van der Waals surface area contributed by atoms with Gasteiger partial charge in [-0.15, -0.1) is 11.3 Å². The van der Waals surface area contributed by atoms with Crippen LogP contribution in [0.3, 0.4) is 0 Å². The first-order valence-electron chi connectivity index (χ1n) is 6.47. The predicted octanol–water partition coefficient (Wildman–Crippen LogP) is 3.56. The molecule has 2 heteroatoms. The predicted molar refractivity (Wildman–Crippen MR) is 70.1 cm³/mol. The van der Waals surface area contributed by atoms with E-state index in [0.717, 1.165) is 0 Å². The van der Waals surface area contributed by atoms with Gasteiger partial charge < -0.3 is 5.32 Å². The third kappa shape index (κ3) is 1.54. The molecule has 2 bridgehead atoms. The lowest BCUT2D eigenvalue weighted by atomic mass is 9.53. The van der Waals surface area contributed by atoms with E-state index in [-0.39, 0.29) is 0 Å². The van der Waals surface area contributed by atoms with E-state index in [2.05, 4.69) is 29.9 Å². The summed E-state index contributed by atoms with van der Waals surface area (Å²) in [4.78, 5) is 1.66. The third-order valence-corrected chi connectivity index (χ3v) is 6.11. The van der Waals surface area contributed by atoms with Crippen molar-refractivity contribution in [2.45, 2.75) is 43.9 Å². The summed E-state index contributed by atoms with van der Waals surface area (Å²) in [7, 11) is 2.10. The Kier molecular flexibility index (Phi) is 2.60. The molecule has 4 rings (SSSR count). The third-order valence-electron chi connectivity index (χ3n) is 5.00. The summed E-state index contributed by atoms with van der Waals surface area (Å²) in [6, 6.07) is 4.58. The monoisotopic (exact) mass is 235 g/mol. The second-order valence-electron chi connectivity index (χ2n) is 5.79. The van der Waals surface area contributed by atoms with E-state index in [9.17, 15) is 0 Å². The Labute approximate surface area is 102 Å². The van der Waals surface area contributed by atoms with E-state index in [4.69, 9.17) is 0 Å². The van der Waals surface area contributed by atoms with E-state index < -0.39 is 0 Å². The van der Waals surface area contributed by atoms with Crippen LogP contribution in [0.1, 0.15) is 43.4 Å². The topological polar surface area (TPSA) is 12.0 Å². The first-order chi connectivity index (χ1) is 7.79. The van der Waals surface area contributed by atoms with Gasteiger partial charge in [-0.25, -0.2) is 0 Å². The lowest BCUT2D eigenvalue weighted by molar-refractivity contribution is 0.0433. The summed E-state index contributed by atoms with van der Waals surface area (Å²) in [5, 5.41) is 5.65. The number of thiophene rings is 1. The van der Waals surface area contributed by atoms with Crippen molar-refractivity contribution in [3.63, 3.8) is 0 Å². The highest BCUT2D eigenvalue weighted by molar-refractivity contribution is 7.10. The highest BCUT2D eigenvalue weighted by Gasteiger charge is 2.49. The van der Waals surface area contributed by atoms with Crippen LogP contribution in [0, 0.1) is 5.41 Å². The minimum absolute atomic E-state index is 0.573. The second kappa shape index (κ2) is 3.85. The molecule has 0 amide bonds. The van der Waals surface area contributed by atoms with Crippen molar-refractivity contribution in [2.75, 3.05) is 13.6 Å². The van der Waals surface area contributed by atoms with Crippen LogP contribution >= 0.6 is 11.3 Å². The molecule has 0 spiro atoms. The summed E-state index contributed by atoms with van der Waals surface area (Å²) in [6.45, 7) is 1.23. The molecule has 3 saturated carbocycles. The Bertz CT molecular complexity index is 330. The fourth-order valence-corrected chi connectivity index (χ4v) is 4.87. The molecule has 0 aliphatic heterocycles. The van der Waals surface area contributed by atoms with E-state index in [0.29, 0.717) is 10.8 Å². The zero-order chi connectivity index (χ0) is 11.1. The van der Waals surface area contributed by atoms with Crippen molar-refractivity contribution >= 4 is 11.3 Å². The fraction of sp³-hybridized carbons (Fsp3) is 0.714. The van der Waals surface area contributed by atoms with Gasteiger partial charge in [-0.3, -0.25) is 0 Å². The molecule has 0 unspecified atom stereocenters. The molecule has 0 saturated heterocycles. The number of hydrogen-bond donors (Lipinski definition) is 1. The number of rotatable bonds is 3. The zero-order valence-corrected chi connectivity index (χ0v) is 10.9. The maximum absolute atomic E-state index is 3.40. The molecular weight excluding hydrogens is 214 g/mol. The average Bonchev–Trinajstić information content (AvgIpc) is 2.86. The molecule has 0 radical (unpaired) electrons. The van der Waals surface area contributed by atoms with Crippen molar-refractivity contribution in [3.8, 4) is 0 Å². The van der Waals surface area contributed by atoms with Gasteiger partial charge in [-0.2, -0.15) is 0 Å². The summed E-state index contributed by atoms with van der Waals surface area (Å²) in [5.41, 5.74) is 1.22. The van der Waals surface area contributed by atoms with Crippen molar-refractivity contribution in [1.29, 1.82) is 0 Å². The number of fused-ring (bicyclic) bond motifs is 3. The Morgan fingerprint density at radius 2 is 1.88 bits per heavy atom. The van der Waals surface area contributed by atoms with Crippen LogP contribution in [0.15, 0.2) is 17.5 Å². The van der Waals surface area contributed by atoms with Crippen molar-refractivity contribution < 1.29 is 0 Å². The van der Waals surface area contributed by atoms with Crippen molar-refractivity contribution in [3.05, 3.63) is 22.4 Å². The molecule has 88 valence electrons. The summed E-state index contributed by atoms with van der Waals surface area (Å²) >= 11 is 1.97. The minimum Gasteiger partial charge on any atom is -0.319 e. The van der Waals surface area contributed by atoms with Crippen LogP contribution < -0.4 is 5.32 Å². The minimum atomic E-state index is 0.573. The summed E-state index contributed by atoms with van der Waals surface area (Å²) in [5.74, 6) is 0. The van der Waals surface area contributed by atoms with Crippen LogP contribution in [0.25, 0.3) is 0 Å². The van der Waals surface area contributed by atoms with Gasteiger partial charge in [0.05, 0.1) is 0 Å². The Morgan fingerprint density at radius 1 is 1.19 bits per heavy atom. The van der Waals surface area contributed by atoms with Crippen LogP contribution in [0.2, 0.25) is 0 Å². The van der Waals surface area contributed by atoms with Crippen molar-refractivity contribution in [1.82, 2.24) is 5.32 Å². The Hall–Kier alpha value is -0.340. The lowest BCUT2D eigenvalue weighted by Gasteiger charge is -2.53. The Morgan fingerprint density at radius 3 is 2.38 bits per heavy atom. The van der Waals surface area contributed by atoms with E-state index in [1.807, 2.05) is 11.3 Å².